The predicted octanol–water partition coefficient (Wildman–Crippen LogP) is 6.32. The molecular formula is C19H21N3. The van der Waals surface area contributed by atoms with Crippen molar-refractivity contribution in [3.63, 3.8) is 0 Å². The summed E-state index contributed by atoms with van der Waals surface area (Å²) >= 11 is 0. The van der Waals surface area contributed by atoms with Crippen LogP contribution in [0.1, 0.15) is 13.8 Å². The van der Waals surface area contributed by atoms with Gasteiger partial charge in [-0.2, -0.15) is 10.2 Å². The van der Waals surface area contributed by atoms with E-state index in [9.17, 15) is 0 Å². The second kappa shape index (κ2) is 7.93. The van der Waals surface area contributed by atoms with Gasteiger partial charge in [-0.1, -0.05) is 44.2 Å². The molecule has 22 heavy (non-hydrogen) atoms. The summed E-state index contributed by atoms with van der Waals surface area (Å²) in [4.78, 5) is 0. The highest BCUT2D eigenvalue weighted by atomic mass is 15.1. The number of hydrogen-bond donors (Lipinski definition) is 1. The molecule has 0 aliphatic carbocycles. The fourth-order valence-corrected chi connectivity index (χ4v) is 2.05. The Labute approximate surface area is 131 Å². The standard InChI is InChI=1S/C17H15N3.C2H6/c1-18-15-8-10-16(11-9-15)19-20-17-7-6-13-4-2-3-5-14(13)12-17;1-2/h2-12,18H,1H3;1-2H3. The lowest BCUT2D eigenvalue weighted by Crippen LogP contribution is -1.84. The molecule has 0 amide bonds. The number of anilines is 1. The fraction of sp³-hybridized carbons (Fsp3) is 0.158. The maximum Gasteiger partial charge on any atom is 0.0863 e. The third-order valence-corrected chi connectivity index (χ3v) is 3.17. The van der Waals surface area contributed by atoms with Gasteiger partial charge in [0, 0.05) is 12.7 Å². The Morgan fingerprint density at radius 3 is 1.95 bits per heavy atom. The molecule has 0 heterocycles. The number of azo groups is 1. The summed E-state index contributed by atoms with van der Waals surface area (Å²) in [6.45, 7) is 4.00. The van der Waals surface area contributed by atoms with E-state index < -0.39 is 0 Å². The molecule has 3 aromatic rings. The molecule has 0 saturated carbocycles. The molecule has 3 nitrogen and oxygen atoms in total. The van der Waals surface area contributed by atoms with E-state index in [2.05, 4.69) is 33.7 Å². The lowest BCUT2D eigenvalue weighted by molar-refractivity contribution is 1.23. The van der Waals surface area contributed by atoms with Crippen molar-refractivity contribution in [2.45, 2.75) is 13.8 Å². The van der Waals surface area contributed by atoms with Crippen molar-refractivity contribution in [3.05, 3.63) is 66.7 Å². The highest BCUT2D eigenvalue weighted by Gasteiger charge is 1.95. The van der Waals surface area contributed by atoms with Gasteiger partial charge in [-0.15, -0.1) is 0 Å². The molecule has 0 fully saturated rings. The predicted molar refractivity (Wildman–Crippen MR) is 95.5 cm³/mol. The van der Waals surface area contributed by atoms with Gasteiger partial charge < -0.3 is 5.32 Å². The summed E-state index contributed by atoms with van der Waals surface area (Å²) in [6, 6.07) is 22.2. The summed E-state index contributed by atoms with van der Waals surface area (Å²) in [6.07, 6.45) is 0. The third kappa shape index (κ3) is 3.92. The molecule has 0 aromatic heterocycles. The van der Waals surface area contributed by atoms with Crippen LogP contribution in [0.3, 0.4) is 0 Å². The molecule has 3 heteroatoms. The zero-order chi connectivity index (χ0) is 15.8. The van der Waals surface area contributed by atoms with Crippen LogP contribution in [-0.4, -0.2) is 7.05 Å². The topological polar surface area (TPSA) is 36.8 Å². The highest BCUT2D eigenvalue weighted by molar-refractivity contribution is 5.85. The average molecular weight is 291 g/mol. The quantitative estimate of drug-likeness (QED) is 0.563. The van der Waals surface area contributed by atoms with Crippen LogP contribution >= 0.6 is 0 Å². The zero-order valence-electron chi connectivity index (χ0n) is 13.2. The molecule has 0 aliphatic rings. The Morgan fingerprint density at radius 1 is 0.682 bits per heavy atom. The van der Waals surface area contributed by atoms with Gasteiger partial charge in [0.25, 0.3) is 0 Å². The lowest BCUT2D eigenvalue weighted by atomic mass is 10.1. The van der Waals surface area contributed by atoms with Crippen molar-refractivity contribution < 1.29 is 0 Å². The van der Waals surface area contributed by atoms with E-state index >= 15 is 0 Å². The van der Waals surface area contributed by atoms with Crippen molar-refractivity contribution >= 4 is 27.8 Å². The Bertz CT molecular complexity index is 746. The van der Waals surface area contributed by atoms with Gasteiger partial charge in [0.05, 0.1) is 11.4 Å². The van der Waals surface area contributed by atoms with Crippen LogP contribution in [-0.2, 0) is 0 Å². The van der Waals surface area contributed by atoms with Crippen molar-refractivity contribution in [2.75, 3.05) is 12.4 Å². The van der Waals surface area contributed by atoms with Crippen LogP contribution in [0, 0.1) is 0 Å². The summed E-state index contributed by atoms with van der Waals surface area (Å²) < 4.78 is 0. The van der Waals surface area contributed by atoms with Gasteiger partial charge in [0.15, 0.2) is 0 Å². The normalized spacial score (nSPS) is 10.3. The molecule has 0 bridgehead atoms. The molecule has 0 spiro atoms. The van der Waals surface area contributed by atoms with Crippen molar-refractivity contribution in [3.8, 4) is 0 Å². The first-order valence-corrected chi connectivity index (χ1v) is 7.53. The van der Waals surface area contributed by atoms with Gasteiger partial charge in [-0.3, -0.25) is 0 Å². The van der Waals surface area contributed by atoms with Gasteiger partial charge in [0.1, 0.15) is 0 Å². The van der Waals surface area contributed by atoms with E-state index in [1.807, 2.05) is 69.4 Å². The van der Waals surface area contributed by atoms with E-state index in [4.69, 9.17) is 0 Å². The number of hydrogen-bond acceptors (Lipinski definition) is 3. The molecule has 0 atom stereocenters. The van der Waals surface area contributed by atoms with Gasteiger partial charge >= 0.3 is 0 Å². The second-order valence-corrected chi connectivity index (χ2v) is 4.53. The van der Waals surface area contributed by atoms with Gasteiger partial charge in [-0.05, 0) is 47.2 Å². The lowest BCUT2D eigenvalue weighted by Gasteiger charge is -2.00. The van der Waals surface area contributed by atoms with E-state index in [0.717, 1.165) is 17.1 Å². The molecule has 0 radical (unpaired) electrons. The molecule has 3 rings (SSSR count). The Morgan fingerprint density at radius 2 is 1.27 bits per heavy atom. The maximum absolute atomic E-state index is 4.29. The molecule has 0 saturated heterocycles. The summed E-state index contributed by atoms with van der Waals surface area (Å²) in [5, 5.41) is 14.0. The first-order chi connectivity index (χ1) is 10.8. The Hall–Kier alpha value is -2.68. The minimum absolute atomic E-state index is 0.845. The number of nitrogens with zero attached hydrogens (tertiary/aromatic N) is 2. The minimum Gasteiger partial charge on any atom is -0.388 e. The summed E-state index contributed by atoms with van der Waals surface area (Å²) in [7, 11) is 1.89. The monoisotopic (exact) mass is 291 g/mol. The van der Waals surface area contributed by atoms with Crippen LogP contribution in [0.15, 0.2) is 77.0 Å². The van der Waals surface area contributed by atoms with E-state index in [-0.39, 0.29) is 0 Å². The Balaban J connectivity index is 0.000000847. The first kappa shape index (κ1) is 15.7. The number of nitrogens with one attached hydrogen (secondary N) is 1. The van der Waals surface area contributed by atoms with Crippen molar-refractivity contribution in [1.29, 1.82) is 0 Å². The molecule has 0 unspecified atom stereocenters. The first-order valence-electron chi connectivity index (χ1n) is 7.53. The zero-order valence-corrected chi connectivity index (χ0v) is 13.2. The van der Waals surface area contributed by atoms with Crippen LogP contribution in [0.25, 0.3) is 10.8 Å². The minimum atomic E-state index is 0.845. The van der Waals surface area contributed by atoms with Gasteiger partial charge in [0.2, 0.25) is 0 Å². The maximum atomic E-state index is 4.29. The highest BCUT2D eigenvalue weighted by Crippen LogP contribution is 2.23. The summed E-state index contributed by atoms with van der Waals surface area (Å²) in [5.41, 5.74) is 2.77. The van der Waals surface area contributed by atoms with E-state index in [1.54, 1.807) is 0 Å². The molecule has 3 aromatic carbocycles. The van der Waals surface area contributed by atoms with Crippen LogP contribution in [0.5, 0.6) is 0 Å². The molecular weight excluding hydrogens is 270 g/mol. The third-order valence-electron chi connectivity index (χ3n) is 3.17. The van der Waals surface area contributed by atoms with Crippen LogP contribution < -0.4 is 5.32 Å². The van der Waals surface area contributed by atoms with E-state index in [1.165, 1.54) is 10.8 Å². The van der Waals surface area contributed by atoms with Crippen LogP contribution in [0.2, 0.25) is 0 Å². The average Bonchev–Trinajstić information content (AvgIpc) is 2.62. The number of rotatable bonds is 3. The van der Waals surface area contributed by atoms with Crippen molar-refractivity contribution in [2.24, 2.45) is 10.2 Å². The smallest absolute Gasteiger partial charge is 0.0863 e. The molecule has 0 aliphatic heterocycles. The van der Waals surface area contributed by atoms with Crippen molar-refractivity contribution in [1.82, 2.24) is 0 Å². The molecule has 1 N–H and O–H groups in total. The Kier molecular flexibility index (Phi) is 5.66. The van der Waals surface area contributed by atoms with Crippen LogP contribution in [0.4, 0.5) is 17.1 Å². The van der Waals surface area contributed by atoms with Gasteiger partial charge in [-0.25, -0.2) is 0 Å². The summed E-state index contributed by atoms with van der Waals surface area (Å²) in [5.74, 6) is 0. The largest absolute Gasteiger partial charge is 0.388 e. The molecule has 112 valence electrons. The fourth-order valence-electron chi connectivity index (χ4n) is 2.05. The number of fused-ring (bicyclic) bond motifs is 1. The second-order valence-electron chi connectivity index (χ2n) is 4.53. The number of benzene rings is 3. The van der Waals surface area contributed by atoms with E-state index in [0.29, 0.717) is 0 Å². The SMILES string of the molecule is CC.CNc1ccc(N=Nc2ccc3ccccc3c2)cc1.